The van der Waals surface area contributed by atoms with E-state index in [9.17, 15) is 4.79 Å². The van der Waals surface area contributed by atoms with E-state index in [-0.39, 0.29) is 5.91 Å². The first kappa shape index (κ1) is 15.7. The molecule has 0 aliphatic carbocycles. The second kappa shape index (κ2) is 6.12. The van der Waals surface area contributed by atoms with Gasteiger partial charge in [-0.1, -0.05) is 24.3 Å². The molecule has 1 amide bonds. The molecule has 1 aromatic carbocycles. The molecule has 120 valence electrons. The van der Waals surface area contributed by atoms with Crippen LogP contribution in [0.15, 0.2) is 18.2 Å². The lowest BCUT2D eigenvalue weighted by atomic mass is 10.1. The van der Waals surface area contributed by atoms with Gasteiger partial charge in [0.1, 0.15) is 5.01 Å². The number of benzene rings is 1. The summed E-state index contributed by atoms with van der Waals surface area (Å²) in [5.74, 6) is -0.0756. The summed E-state index contributed by atoms with van der Waals surface area (Å²) in [6.45, 7) is 8.50. The van der Waals surface area contributed by atoms with Gasteiger partial charge in [-0.3, -0.25) is 4.79 Å². The maximum absolute atomic E-state index is 12.4. The number of nitrogens with one attached hydrogen (secondary N) is 1. The Morgan fingerprint density at radius 3 is 2.74 bits per heavy atom. The van der Waals surface area contributed by atoms with E-state index in [4.69, 9.17) is 0 Å². The Kier molecular flexibility index (Phi) is 4.17. The van der Waals surface area contributed by atoms with Crippen molar-refractivity contribution in [1.29, 1.82) is 0 Å². The summed E-state index contributed by atoms with van der Waals surface area (Å²) in [4.78, 5) is 17.8. The fraction of sp³-hybridized carbons (Fsp3) is 0.353. The first-order chi connectivity index (χ1) is 11.0. The third kappa shape index (κ3) is 2.99. The number of hydrogen-bond acceptors (Lipinski definition) is 4. The molecule has 0 aliphatic heterocycles. The van der Waals surface area contributed by atoms with Crippen molar-refractivity contribution in [3.05, 3.63) is 51.3 Å². The maximum atomic E-state index is 12.4. The van der Waals surface area contributed by atoms with Crippen LogP contribution in [0.5, 0.6) is 0 Å². The molecular weight excluding hydrogens is 308 g/mol. The van der Waals surface area contributed by atoms with Gasteiger partial charge in [-0.2, -0.15) is 5.10 Å². The Morgan fingerprint density at radius 2 is 2.04 bits per heavy atom. The van der Waals surface area contributed by atoms with Gasteiger partial charge < -0.3 is 5.32 Å². The molecular formula is C17H20N4OS. The van der Waals surface area contributed by atoms with Crippen LogP contribution < -0.4 is 5.32 Å². The van der Waals surface area contributed by atoms with Gasteiger partial charge in [0, 0.05) is 5.56 Å². The summed E-state index contributed by atoms with van der Waals surface area (Å²) in [6, 6.07) is 5.75. The third-order valence-corrected chi connectivity index (χ3v) is 5.08. The molecule has 3 aromatic rings. The van der Waals surface area contributed by atoms with Crippen LogP contribution in [0.1, 0.15) is 44.8 Å². The summed E-state index contributed by atoms with van der Waals surface area (Å²) < 4.78 is 1.85. The Hall–Kier alpha value is -2.21. The minimum absolute atomic E-state index is 0.0756. The van der Waals surface area contributed by atoms with E-state index >= 15 is 0 Å². The molecule has 3 rings (SSSR count). The van der Waals surface area contributed by atoms with Gasteiger partial charge in [-0.15, -0.1) is 0 Å². The highest BCUT2D eigenvalue weighted by molar-refractivity contribution is 7.16. The zero-order valence-corrected chi connectivity index (χ0v) is 14.6. The fourth-order valence-electron chi connectivity index (χ4n) is 2.42. The topological polar surface area (TPSA) is 59.3 Å². The zero-order valence-electron chi connectivity index (χ0n) is 13.8. The first-order valence-corrected chi connectivity index (χ1v) is 8.50. The average Bonchev–Trinajstić information content (AvgIpc) is 3.04. The Balaban J connectivity index is 1.79. The lowest BCUT2D eigenvalue weighted by molar-refractivity contribution is 0.0950. The number of amides is 1. The molecule has 1 N–H and O–H groups in total. The fourth-order valence-corrected chi connectivity index (χ4v) is 3.32. The van der Waals surface area contributed by atoms with Crippen molar-refractivity contribution in [2.24, 2.45) is 0 Å². The lowest BCUT2D eigenvalue weighted by Crippen LogP contribution is -2.24. The van der Waals surface area contributed by atoms with Crippen molar-refractivity contribution in [1.82, 2.24) is 19.9 Å². The second-order valence-electron chi connectivity index (χ2n) is 5.67. The number of carbonyl (C=O) groups excluding carboxylic acids is 1. The van der Waals surface area contributed by atoms with Crippen molar-refractivity contribution in [2.45, 2.75) is 40.7 Å². The van der Waals surface area contributed by atoms with E-state index in [1.807, 2.05) is 43.5 Å². The summed E-state index contributed by atoms with van der Waals surface area (Å²) in [6.07, 6.45) is 0.890. The number of aromatic nitrogens is 3. The highest BCUT2D eigenvalue weighted by atomic mass is 32.1. The number of hydrogen-bond donors (Lipinski definition) is 1. The molecule has 23 heavy (non-hydrogen) atoms. The first-order valence-electron chi connectivity index (χ1n) is 7.69. The van der Waals surface area contributed by atoms with E-state index in [1.54, 1.807) is 11.3 Å². The summed E-state index contributed by atoms with van der Waals surface area (Å²) in [7, 11) is 0. The predicted octanol–water partition coefficient (Wildman–Crippen LogP) is 3.21. The Bertz CT molecular complexity index is 878. The molecule has 0 aliphatic rings. The molecule has 2 aromatic heterocycles. The van der Waals surface area contributed by atoms with Gasteiger partial charge in [-0.25, -0.2) is 9.50 Å². The summed E-state index contributed by atoms with van der Waals surface area (Å²) in [5, 5.41) is 8.57. The number of rotatable bonds is 4. The van der Waals surface area contributed by atoms with Crippen LogP contribution in [0.2, 0.25) is 0 Å². The number of imidazole rings is 1. The van der Waals surface area contributed by atoms with E-state index in [0.717, 1.165) is 33.3 Å². The maximum Gasteiger partial charge on any atom is 0.251 e. The van der Waals surface area contributed by atoms with Gasteiger partial charge in [0.15, 0.2) is 0 Å². The molecule has 6 heteroatoms. The van der Waals surface area contributed by atoms with Crippen LogP contribution in [0.25, 0.3) is 4.96 Å². The van der Waals surface area contributed by atoms with Gasteiger partial charge in [0.25, 0.3) is 5.91 Å². The van der Waals surface area contributed by atoms with E-state index in [0.29, 0.717) is 12.1 Å². The largest absolute Gasteiger partial charge is 0.346 e. The molecule has 0 atom stereocenters. The molecule has 0 radical (unpaired) electrons. The summed E-state index contributed by atoms with van der Waals surface area (Å²) in [5.41, 5.74) is 4.83. The second-order valence-corrected chi connectivity index (χ2v) is 6.71. The number of carbonyl (C=O) groups is 1. The number of nitrogens with zero attached hydrogens (tertiary/aromatic N) is 3. The highest BCUT2D eigenvalue weighted by Gasteiger charge is 2.14. The van der Waals surface area contributed by atoms with Crippen molar-refractivity contribution in [2.75, 3.05) is 0 Å². The molecule has 0 spiro atoms. The van der Waals surface area contributed by atoms with Crippen molar-refractivity contribution < 1.29 is 4.79 Å². The SMILES string of the molecule is CCc1nn2c(CNC(=O)c3ccc(C)c(C)c3)c(C)nc2s1. The van der Waals surface area contributed by atoms with Crippen LogP contribution >= 0.6 is 11.3 Å². The van der Waals surface area contributed by atoms with Crippen LogP contribution in [-0.2, 0) is 13.0 Å². The van der Waals surface area contributed by atoms with Crippen LogP contribution in [0.4, 0.5) is 0 Å². The lowest BCUT2D eigenvalue weighted by Gasteiger charge is -2.07. The quantitative estimate of drug-likeness (QED) is 0.800. The van der Waals surface area contributed by atoms with Crippen molar-refractivity contribution in [3.8, 4) is 0 Å². The number of aryl methyl sites for hydroxylation is 4. The molecule has 2 heterocycles. The molecule has 0 saturated carbocycles. The highest BCUT2D eigenvalue weighted by Crippen LogP contribution is 2.19. The summed E-state index contributed by atoms with van der Waals surface area (Å²) >= 11 is 1.59. The molecule has 0 unspecified atom stereocenters. The normalized spacial score (nSPS) is 11.1. The number of fused-ring (bicyclic) bond motifs is 1. The van der Waals surface area contributed by atoms with E-state index in [1.165, 1.54) is 5.56 Å². The minimum atomic E-state index is -0.0756. The van der Waals surface area contributed by atoms with Crippen LogP contribution in [-0.4, -0.2) is 20.5 Å². The van der Waals surface area contributed by atoms with Crippen LogP contribution in [0.3, 0.4) is 0 Å². The van der Waals surface area contributed by atoms with Gasteiger partial charge >= 0.3 is 0 Å². The molecule has 0 bridgehead atoms. The average molecular weight is 328 g/mol. The Labute approximate surface area is 139 Å². The molecule has 5 nitrogen and oxygen atoms in total. The van der Waals surface area contributed by atoms with Crippen molar-refractivity contribution in [3.63, 3.8) is 0 Å². The van der Waals surface area contributed by atoms with Gasteiger partial charge in [0.05, 0.1) is 17.9 Å². The Morgan fingerprint density at radius 1 is 1.26 bits per heavy atom. The van der Waals surface area contributed by atoms with E-state index < -0.39 is 0 Å². The predicted molar refractivity (Wildman–Crippen MR) is 92.1 cm³/mol. The third-order valence-electron chi connectivity index (χ3n) is 4.03. The van der Waals surface area contributed by atoms with Crippen LogP contribution in [0, 0.1) is 20.8 Å². The van der Waals surface area contributed by atoms with E-state index in [2.05, 4.69) is 22.3 Å². The zero-order chi connectivity index (χ0) is 16.6. The monoisotopic (exact) mass is 328 g/mol. The standard InChI is InChI=1S/C17H20N4OS/c1-5-15-20-21-14(12(4)19-17(21)23-15)9-18-16(22)13-7-6-10(2)11(3)8-13/h6-8H,5,9H2,1-4H3,(H,18,22). The van der Waals surface area contributed by atoms with Crippen molar-refractivity contribution >= 4 is 22.2 Å². The van der Waals surface area contributed by atoms with Gasteiger partial charge in [0.2, 0.25) is 4.96 Å². The van der Waals surface area contributed by atoms with Gasteiger partial charge in [-0.05, 0) is 50.5 Å². The minimum Gasteiger partial charge on any atom is -0.346 e. The molecule has 0 saturated heterocycles. The molecule has 0 fully saturated rings. The smallest absolute Gasteiger partial charge is 0.251 e.